The standard InChI is InChI=1S/C10H12O2S/c1-3-8-4-5-9(13-8)6-7-10(11)12-2/h4-7H,3H2,1-2H3. The SMILES string of the molecule is CCc1ccc(C=CC(=O)OC)s1. The first kappa shape index (κ1) is 9.99. The zero-order valence-electron chi connectivity index (χ0n) is 7.74. The minimum Gasteiger partial charge on any atom is -0.466 e. The second kappa shape index (κ2) is 4.82. The van der Waals surface area contributed by atoms with Crippen LogP contribution >= 0.6 is 11.3 Å². The quantitative estimate of drug-likeness (QED) is 0.548. The van der Waals surface area contributed by atoms with E-state index in [2.05, 4.69) is 17.7 Å². The number of esters is 1. The van der Waals surface area contributed by atoms with Gasteiger partial charge in [-0.1, -0.05) is 6.92 Å². The minimum atomic E-state index is -0.313. The molecule has 0 fully saturated rings. The lowest BCUT2D eigenvalue weighted by molar-refractivity contribution is -0.134. The molecule has 0 aliphatic carbocycles. The second-order valence-electron chi connectivity index (χ2n) is 2.51. The number of thiophene rings is 1. The molecule has 0 saturated heterocycles. The average molecular weight is 196 g/mol. The third-order valence-electron chi connectivity index (χ3n) is 1.62. The number of rotatable bonds is 3. The summed E-state index contributed by atoms with van der Waals surface area (Å²) in [5.74, 6) is -0.313. The largest absolute Gasteiger partial charge is 0.466 e. The van der Waals surface area contributed by atoms with E-state index in [4.69, 9.17) is 0 Å². The maximum absolute atomic E-state index is 10.8. The molecule has 0 N–H and O–H groups in total. The molecular weight excluding hydrogens is 184 g/mol. The van der Waals surface area contributed by atoms with Gasteiger partial charge in [-0.3, -0.25) is 0 Å². The van der Waals surface area contributed by atoms with Crippen LogP contribution in [-0.4, -0.2) is 13.1 Å². The van der Waals surface area contributed by atoms with E-state index in [1.807, 2.05) is 6.07 Å². The molecule has 1 aromatic rings. The van der Waals surface area contributed by atoms with Crippen LogP contribution in [0.1, 0.15) is 16.7 Å². The van der Waals surface area contributed by atoms with Crippen molar-refractivity contribution in [2.45, 2.75) is 13.3 Å². The Morgan fingerprint density at radius 2 is 2.38 bits per heavy atom. The van der Waals surface area contributed by atoms with Gasteiger partial charge < -0.3 is 4.74 Å². The lowest BCUT2D eigenvalue weighted by atomic mass is 10.3. The summed E-state index contributed by atoms with van der Waals surface area (Å²) < 4.78 is 4.48. The molecule has 0 aliphatic heterocycles. The summed E-state index contributed by atoms with van der Waals surface area (Å²) in [7, 11) is 1.37. The summed E-state index contributed by atoms with van der Waals surface area (Å²) in [5.41, 5.74) is 0. The molecule has 1 heterocycles. The van der Waals surface area contributed by atoms with Crippen molar-refractivity contribution in [3.05, 3.63) is 28.0 Å². The van der Waals surface area contributed by atoms with E-state index >= 15 is 0 Å². The van der Waals surface area contributed by atoms with Gasteiger partial charge in [0.1, 0.15) is 0 Å². The van der Waals surface area contributed by atoms with Gasteiger partial charge in [0.15, 0.2) is 0 Å². The summed E-state index contributed by atoms with van der Waals surface area (Å²) in [6.45, 7) is 2.11. The van der Waals surface area contributed by atoms with Gasteiger partial charge in [-0.2, -0.15) is 0 Å². The Bertz CT molecular complexity index is 312. The molecule has 0 aromatic carbocycles. The number of hydrogen-bond donors (Lipinski definition) is 0. The lowest BCUT2D eigenvalue weighted by Gasteiger charge is -1.88. The van der Waals surface area contributed by atoms with Crippen molar-refractivity contribution >= 4 is 23.4 Å². The average Bonchev–Trinajstić information content (AvgIpc) is 2.61. The molecule has 1 rings (SSSR count). The van der Waals surface area contributed by atoms with Gasteiger partial charge >= 0.3 is 5.97 Å². The van der Waals surface area contributed by atoms with Crippen molar-refractivity contribution in [2.75, 3.05) is 7.11 Å². The summed E-state index contributed by atoms with van der Waals surface area (Å²) in [4.78, 5) is 13.2. The van der Waals surface area contributed by atoms with E-state index in [0.717, 1.165) is 11.3 Å². The van der Waals surface area contributed by atoms with Crippen molar-refractivity contribution in [3.63, 3.8) is 0 Å². The molecule has 0 atom stereocenters. The van der Waals surface area contributed by atoms with Crippen LogP contribution in [0.5, 0.6) is 0 Å². The predicted molar refractivity (Wildman–Crippen MR) is 54.7 cm³/mol. The van der Waals surface area contributed by atoms with Gasteiger partial charge in [-0.05, 0) is 24.6 Å². The lowest BCUT2D eigenvalue weighted by Crippen LogP contribution is -1.92. The molecule has 0 unspecified atom stereocenters. The van der Waals surface area contributed by atoms with Crippen molar-refractivity contribution in [3.8, 4) is 0 Å². The zero-order chi connectivity index (χ0) is 9.68. The summed E-state index contributed by atoms with van der Waals surface area (Å²) in [5, 5.41) is 0. The van der Waals surface area contributed by atoms with Gasteiger partial charge in [0, 0.05) is 15.8 Å². The van der Waals surface area contributed by atoms with E-state index in [0.29, 0.717) is 0 Å². The van der Waals surface area contributed by atoms with Gasteiger partial charge in [0.25, 0.3) is 0 Å². The predicted octanol–water partition coefficient (Wildman–Crippen LogP) is 2.50. The highest BCUT2D eigenvalue weighted by Gasteiger charge is 1.95. The first-order valence-electron chi connectivity index (χ1n) is 4.11. The Morgan fingerprint density at radius 3 is 2.92 bits per heavy atom. The van der Waals surface area contributed by atoms with Crippen LogP contribution in [0.15, 0.2) is 18.2 Å². The summed E-state index contributed by atoms with van der Waals surface area (Å²) in [6.07, 6.45) is 4.25. The Kier molecular flexibility index (Phi) is 3.71. The van der Waals surface area contributed by atoms with E-state index in [1.165, 1.54) is 18.1 Å². The van der Waals surface area contributed by atoms with Crippen LogP contribution in [0.4, 0.5) is 0 Å². The van der Waals surface area contributed by atoms with Crippen LogP contribution in [0.2, 0.25) is 0 Å². The fourth-order valence-electron chi connectivity index (χ4n) is 0.892. The molecule has 0 saturated carbocycles. The summed E-state index contributed by atoms with van der Waals surface area (Å²) in [6, 6.07) is 4.07. The molecule has 0 spiro atoms. The third-order valence-corrected chi connectivity index (χ3v) is 2.81. The maximum atomic E-state index is 10.8. The molecule has 0 aliphatic rings. The van der Waals surface area contributed by atoms with E-state index < -0.39 is 0 Å². The fraction of sp³-hybridized carbons (Fsp3) is 0.300. The highest BCUT2D eigenvalue weighted by atomic mass is 32.1. The van der Waals surface area contributed by atoms with Crippen LogP contribution < -0.4 is 0 Å². The summed E-state index contributed by atoms with van der Waals surface area (Å²) >= 11 is 1.69. The number of aryl methyl sites for hydroxylation is 1. The van der Waals surface area contributed by atoms with E-state index in [1.54, 1.807) is 17.4 Å². The van der Waals surface area contributed by atoms with Crippen LogP contribution in [0, 0.1) is 0 Å². The Morgan fingerprint density at radius 1 is 1.62 bits per heavy atom. The monoisotopic (exact) mass is 196 g/mol. The maximum Gasteiger partial charge on any atom is 0.330 e. The molecule has 0 radical (unpaired) electrons. The number of carbonyl (C=O) groups is 1. The molecular formula is C10H12O2S. The molecule has 3 heteroatoms. The van der Waals surface area contributed by atoms with Crippen LogP contribution in [-0.2, 0) is 16.0 Å². The van der Waals surface area contributed by atoms with Gasteiger partial charge in [-0.25, -0.2) is 4.79 Å². The number of ether oxygens (including phenoxy) is 1. The van der Waals surface area contributed by atoms with Gasteiger partial charge in [-0.15, -0.1) is 11.3 Å². The smallest absolute Gasteiger partial charge is 0.330 e. The number of carbonyl (C=O) groups excluding carboxylic acids is 1. The first-order chi connectivity index (χ1) is 6.26. The molecule has 0 bridgehead atoms. The Labute approximate surface area is 81.8 Å². The van der Waals surface area contributed by atoms with Gasteiger partial charge in [0.2, 0.25) is 0 Å². The van der Waals surface area contributed by atoms with Crippen molar-refractivity contribution < 1.29 is 9.53 Å². The Hall–Kier alpha value is -1.09. The molecule has 2 nitrogen and oxygen atoms in total. The van der Waals surface area contributed by atoms with E-state index in [9.17, 15) is 4.79 Å². The highest BCUT2D eigenvalue weighted by Crippen LogP contribution is 2.17. The fourth-order valence-corrected chi connectivity index (χ4v) is 1.75. The molecule has 1 aromatic heterocycles. The first-order valence-corrected chi connectivity index (χ1v) is 4.92. The zero-order valence-corrected chi connectivity index (χ0v) is 8.56. The van der Waals surface area contributed by atoms with Crippen LogP contribution in [0.25, 0.3) is 6.08 Å². The third kappa shape index (κ3) is 3.03. The minimum absolute atomic E-state index is 0.313. The van der Waals surface area contributed by atoms with Gasteiger partial charge in [0.05, 0.1) is 7.11 Å². The second-order valence-corrected chi connectivity index (χ2v) is 3.71. The highest BCUT2D eigenvalue weighted by molar-refractivity contribution is 7.12. The van der Waals surface area contributed by atoms with Crippen LogP contribution in [0.3, 0.4) is 0 Å². The molecule has 0 amide bonds. The van der Waals surface area contributed by atoms with E-state index in [-0.39, 0.29) is 5.97 Å². The normalized spacial score (nSPS) is 10.6. The van der Waals surface area contributed by atoms with Crippen molar-refractivity contribution in [1.29, 1.82) is 0 Å². The van der Waals surface area contributed by atoms with Crippen molar-refractivity contribution in [2.24, 2.45) is 0 Å². The molecule has 13 heavy (non-hydrogen) atoms. The number of hydrogen-bond acceptors (Lipinski definition) is 3. The topological polar surface area (TPSA) is 26.3 Å². The Balaban J connectivity index is 2.63. The number of methoxy groups -OCH3 is 1. The van der Waals surface area contributed by atoms with Crippen molar-refractivity contribution in [1.82, 2.24) is 0 Å². The molecule has 70 valence electrons.